The Bertz CT molecular complexity index is 777. The Hall–Kier alpha value is -2.44. The number of aryl methyl sites for hydroxylation is 1. The quantitative estimate of drug-likeness (QED) is 0.825. The third kappa shape index (κ3) is 3.81. The number of nitrogens with zero attached hydrogens (tertiary/aromatic N) is 5. The number of hydrogen-bond donors (Lipinski definition) is 0. The molecule has 0 aromatic carbocycles. The lowest BCUT2D eigenvalue weighted by atomic mass is 9.98. The van der Waals surface area contributed by atoms with Crippen LogP contribution in [0.5, 0.6) is 5.88 Å². The zero-order chi connectivity index (χ0) is 17.2. The molecule has 1 saturated heterocycles. The fraction of sp³-hybridized carbons (Fsp3) is 0.556. The molecule has 25 heavy (non-hydrogen) atoms. The molecule has 0 bridgehead atoms. The van der Waals surface area contributed by atoms with Gasteiger partial charge in [0.2, 0.25) is 5.88 Å². The first-order chi connectivity index (χ1) is 12.2. The van der Waals surface area contributed by atoms with E-state index in [0.29, 0.717) is 24.3 Å². The maximum Gasteiger partial charge on any atom is 0.255 e. The molecule has 7 nitrogen and oxygen atoms in total. The van der Waals surface area contributed by atoms with Crippen LogP contribution in [0.1, 0.15) is 37.3 Å². The van der Waals surface area contributed by atoms with E-state index < -0.39 is 0 Å². The van der Waals surface area contributed by atoms with Crippen LogP contribution in [0.2, 0.25) is 0 Å². The Morgan fingerprint density at radius 2 is 1.96 bits per heavy atom. The van der Waals surface area contributed by atoms with Gasteiger partial charge in [-0.05, 0) is 37.7 Å². The molecule has 0 spiro atoms. The minimum Gasteiger partial charge on any atom is -0.476 e. The van der Waals surface area contributed by atoms with E-state index >= 15 is 0 Å². The molecule has 0 amide bonds. The van der Waals surface area contributed by atoms with Crippen LogP contribution in [-0.2, 0) is 7.05 Å². The molecular weight excluding hydrogens is 318 g/mol. The number of aromatic nitrogens is 4. The molecule has 2 aromatic rings. The number of hydrogen-bond acceptors (Lipinski definition) is 6. The van der Waals surface area contributed by atoms with Gasteiger partial charge in [-0.15, -0.1) is 5.10 Å². The lowest BCUT2D eigenvalue weighted by Crippen LogP contribution is -2.37. The van der Waals surface area contributed by atoms with Gasteiger partial charge in [-0.1, -0.05) is 0 Å². The summed E-state index contributed by atoms with van der Waals surface area (Å²) in [6, 6.07) is 5.57. The summed E-state index contributed by atoms with van der Waals surface area (Å²) in [6.07, 6.45) is 6.08. The van der Waals surface area contributed by atoms with Crippen molar-refractivity contribution in [2.75, 3.05) is 24.6 Å². The van der Waals surface area contributed by atoms with Gasteiger partial charge in [-0.25, -0.2) is 4.98 Å². The van der Waals surface area contributed by atoms with Gasteiger partial charge in [0, 0.05) is 38.2 Å². The molecule has 0 unspecified atom stereocenters. The summed E-state index contributed by atoms with van der Waals surface area (Å²) in [5.41, 5.74) is 1.06. The monoisotopic (exact) mass is 341 g/mol. The summed E-state index contributed by atoms with van der Waals surface area (Å²) < 4.78 is 7.30. The van der Waals surface area contributed by atoms with Crippen molar-refractivity contribution < 1.29 is 4.74 Å². The van der Waals surface area contributed by atoms with E-state index in [9.17, 15) is 4.79 Å². The molecule has 1 saturated carbocycles. The number of piperidine rings is 1. The first-order valence-electron chi connectivity index (χ1n) is 8.93. The molecule has 0 N–H and O–H groups in total. The summed E-state index contributed by atoms with van der Waals surface area (Å²) in [5, 5.41) is 8.42. The fourth-order valence-electron chi connectivity index (χ4n) is 3.16. The van der Waals surface area contributed by atoms with Crippen LogP contribution in [0, 0.1) is 5.92 Å². The summed E-state index contributed by atoms with van der Waals surface area (Å²) in [5.74, 6) is 2.49. The average Bonchev–Trinajstić information content (AvgIpc) is 3.48. The molecule has 1 aliphatic carbocycles. The molecule has 2 fully saturated rings. The highest BCUT2D eigenvalue weighted by Gasteiger charge is 2.25. The third-order valence-corrected chi connectivity index (χ3v) is 5.03. The zero-order valence-corrected chi connectivity index (χ0v) is 14.5. The van der Waals surface area contributed by atoms with Gasteiger partial charge >= 0.3 is 0 Å². The highest BCUT2D eigenvalue weighted by Crippen LogP contribution is 2.38. The first kappa shape index (κ1) is 16.1. The summed E-state index contributed by atoms with van der Waals surface area (Å²) in [4.78, 5) is 18.3. The van der Waals surface area contributed by atoms with Crippen molar-refractivity contribution in [3.05, 3.63) is 40.6 Å². The van der Waals surface area contributed by atoms with Crippen LogP contribution in [0.3, 0.4) is 0 Å². The van der Waals surface area contributed by atoms with Gasteiger partial charge in [-0.3, -0.25) is 4.79 Å². The number of rotatable bonds is 5. The van der Waals surface area contributed by atoms with Gasteiger partial charge in [0.25, 0.3) is 5.56 Å². The minimum atomic E-state index is -0.0244. The molecule has 1 aliphatic heterocycles. The van der Waals surface area contributed by atoms with E-state index in [1.807, 2.05) is 12.1 Å². The van der Waals surface area contributed by atoms with Crippen molar-refractivity contribution in [3.8, 4) is 5.88 Å². The second kappa shape index (κ2) is 6.82. The van der Waals surface area contributed by atoms with Crippen LogP contribution >= 0.6 is 0 Å². The van der Waals surface area contributed by atoms with Crippen molar-refractivity contribution in [1.82, 2.24) is 19.7 Å². The van der Waals surface area contributed by atoms with Crippen molar-refractivity contribution in [1.29, 1.82) is 0 Å². The Kier molecular flexibility index (Phi) is 4.38. The van der Waals surface area contributed by atoms with Gasteiger partial charge in [0.05, 0.1) is 18.6 Å². The first-order valence-corrected chi connectivity index (χ1v) is 8.93. The van der Waals surface area contributed by atoms with Crippen LogP contribution in [0.15, 0.2) is 29.3 Å². The van der Waals surface area contributed by atoms with Crippen molar-refractivity contribution in [2.45, 2.75) is 31.6 Å². The Morgan fingerprint density at radius 3 is 2.60 bits per heavy atom. The van der Waals surface area contributed by atoms with Gasteiger partial charge in [-0.2, -0.15) is 5.10 Å². The number of anilines is 1. The standard InChI is InChI=1S/C18H23N5O2/c1-22-12-19-16(10-18(22)24)23-8-6-13(7-9-23)11-25-17-5-4-15(20-21-17)14-2-3-14/h4-5,10,12-14H,2-3,6-9,11H2,1H3. The molecule has 3 heterocycles. The molecular formula is C18H23N5O2. The van der Waals surface area contributed by atoms with E-state index in [-0.39, 0.29) is 5.56 Å². The summed E-state index contributed by atoms with van der Waals surface area (Å²) in [6.45, 7) is 2.44. The topological polar surface area (TPSA) is 73.1 Å². The van der Waals surface area contributed by atoms with Crippen LogP contribution in [0.4, 0.5) is 5.82 Å². The van der Waals surface area contributed by atoms with Crippen molar-refractivity contribution in [2.24, 2.45) is 13.0 Å². The largest absolute Gasteiger partial charge is 0.476 e. The third-order valence-electron chi connectivity index (χ3n) is 5.03. The lowest BCUT2D eigenvalue weighted by molar-refractivity contribution is 0.214. The normalized spacial score (nSPS) is 18.4. The van der Waals surface area contributed by atoms with Crippen LogP contribution < -0.4 is 15.2 Å². The highest BCUT2D eigenvalue weighted by atomic mass is 16.5. The minimum absolute atomic E-state index is 0.0244. The van der Waals surface area contributed by atoms with Crippen molar-refractivity contribution >= 4 is 5.82 Å². The Morgan fingerprint density at radius 1 is 1.16 bits per heavy atom. The molecule has 0 radical (unpaired) electrons. The maximum atomic E-state index is 11.7. The molecule has 7 heteroatoms. The van der Waals surface area contributed by atoms with E-state index in [4.69, 9.17) is 4.74 Å². The van der Waals surface area contributed by atoms with E-state index in [2.05, 4.69) is 20.1 Å². The molecule has 4 rings (SSSR count). The highest BCUT2D eigenvalue weighted by molar-refractivity contribution is 5.37. The predicted octanol–water partition coefficient (Wildman–Crippen LogP) is 1.74. The molecule has 0 atom stereocenters. The Balaban J connectivity index is 1.27. The maximum absolute atomic E-state index is 11.7. The van der Waals surface area contributed by atoms with Crippen LogP contribution in [-0.4, -0.2) is 39.4 Å². The van der Waals surface area contributed by atoms with Crippen LogP contribution in [0.25, 0.3) is 0 Å². The Labute approximate surface area is 146 Å². The molecule has 132 valence electrons. The summed E-state index contributed by atoms with van der Waals surface area (Å²) in [7, 11) is 1.71. The molecule has 2 aliphatic rings. The summed E-state index contributed by atoms with van der Waals surface area (Å²) >= 11 is 0. The second-order valence-electron chi connectivity index (χ2n) is 7.01. The average molecular weight is 341 g/mol. The molecule has 2 aromatic heterocycles. The van der Waals surface area contributed by atoms with Crippen molar-refractivity contribution in [3.63, 3.8) is 0 Å². The SMILES string of the molecule is Cn1cnc(N2CCC(COc3ccc(C4CC4)nn3)CC2)cc1=O. The zero-order valence-electron chi connectivity index (χ0n) is 14.5. The lowest BCUT2D eigenvalue weighted by Gasteiger charge is -2.32. The number of ether oxygens (including phenoxy) is 1. The van der Waals surface area contributed by atoms with Gasteiger partial charge in [0.15, 0.2) is 0 Å². The smallest absolute Gasteiger partial charge is 0.255 e. The second-order valence-corrected chi connectivity index (χ2v) is 7.01. The van der Waals surface area contributed by atoms with Gasteiger partial charge in [0.1, 0.15) is 5.82 Å². The van der Waals surface area contributed by atoms with E-state index in [0.717, 1.165) is 37.4 Å². The fourth-order valence-corrected chi connectivity index (χ4v) is 3.16. The van der Waals surface area contributed by atoms with Gasteiger partial charge < -0.3 is 14.2 Å². The predicted molar refractivity (Wildman–Crippen MR) is 93.9 cm³/mol. The van der Waals surface area contributed by atoms with E-state index in [1.165, 1.54) is 17.4 Å². The van der Waals surface area contributed by atoms with E-state index in [1.54, 1.807) is 19.4 Å².